The number of hydrogen-bond donors (Lipinski definition) is 0. The normalized spacial score (nSPS) is 14.1. The van der Waals surface area contributed by atoms with Gasteiger partial charge in [0, 0.05) is 29.5 Å². The van der Waals surface area contributed by atoms with Gasteiger partial charge in [-0.15, -0.1) is 0 Å². The molecule has 0 radical (unpaired) electrons. The molecule has 2 aromatic heterocycles. The molecule has 14 heteroatoms. The number of methoxy groups -OCH3 is 1. The molecule has 10 nitrogen and oxygen atoms in total. The monoisotopic (exact) mass is 729 g/mol. The third kappa shape index (κ3) is 5.80. The Morgan fingerprint density at radius 3 is 2.47 bits per heavy atom. The molecule has 49 heavy (non-hydrogen) atoms. The highest BCUT2D eigenvalue weighted by Gasteiger charge is 2.34. The van der Waals surface area contributed by atoms with E-state index >= 15 is 0 Å². The Bertz CT molecular complexity index is 2520. The van der Waals surface area contributed by atoms with Crippen LogP contribution in [0.3, 0.4) is 0 Å². The number of thiocarbonyl (C=S) groups is 1. The summed E-state index contributed by atoms with van der Waals surface area (Å²) in [6.07, 6.45) is 1.74. The van der Waals surface area contributed by atoms with Crippen molar-refractivity contribution in [1.29, 1.82) is 0 Å². The number of anilines is 1. The van der Waals surface area contributed by atoms with Gasteiger partial charge < -0.3 is 9.47 Å². The van der Waals surface area contributed by atoms with Gasteiger partial charge in [-0.1, -0.05) is 95.7 Å². The SMILES string of the molecule is COc1cc(/C=C2/SC(=S)N(c3cccc4ccccc34)C2=O)ccc1Oc1nc2c(c(=O)n(C)c(=O)n2C)n1Cc1ccc(Cl)cc1Cl. The van der Waals surface area contributed by atoms with Crippen molar-refractivity contribution in [3.05, 3.63) is 126 Å². The van der Waals surface area contributed by atoms with Gasteiger partial charge >= 0.3 is 11.7 Å². The van der Waals surface area contributed by atoms with Crippen molar-refractivity contribution < 1.29 is 14.3 Å². The average Bonchev–Trinajstić information content (AvgIpc) is 3.59. The van der Waals surface area contributed by atoms with Crippen LogP contribution in [0.25, 0.3) is 28.0 Å². The minimum Gasteiger partial charge on any atom is -0.493 e. The fourth-order valence-corrected chi connectivity index (χ4v) is 7.41. The molecular weight excluding hydrogens is 705 g/mol. The van der Waals surface area contributed by atoms with E-state index in [2.05, 4.69) is 4.98 Å². The van der Waals surface area contributed by atoms with E-state index in [1.807, 2.05) is 42.5 Å². The van der Waals surface area contributed by atoms with Crippen LogP contribution in [0.2, 0.25) is 10.0 Å². The largest absolute Gasteiger partial charge is 0.493 e. The first-order valence-electron chi connectivity index (χ1n) is 14.8. The zero-order chi connectivity index (χ0) is 34.6. The van der Waals surface area contributed by atoms with Crippen molar-refractivity contribution in [3.8, 4) is 17.5 Å². The van der Waals surface area contributed by atoms with Crippen molar-refractivity contribution in [1.82, 2.24) is 18.7 Å². The van der Waals surface area contributed by atoms with Crippen LogP contribution >= 0.6 is 47.2 Å². The van der Waals surface area contributed by atoms with E-state index in [9.17, 15) is 14.4 Å². The molecule has 1 saturated heterocycles. The maximum atomic E-state index is 13.7. The smallest absolute Gasteiger partial charge is 0.332 e. The molecule has 0 N–H and O–H groups in total. The lowest BCUT2D eigenvalue weighted by molar-refractivity contribution is -0.113. The number of halogens is 2. The second-order valence-electron chi connectivity index (χ2n) is 11.1. The number of amides is 1. The first-order chi connectivity index (χ1) is 23.5. The third-order valence-corrected chi connectivity index (χ3v) is 10.0. The summed E-state index contributed by atoms with van der Waals surface area (Å²) < 4.78 is 16.2. The predicted octanol–water partition coefficient (Wildman–Crippen LogP) is 7.15. The fraction of sp³-hybridized carbons (Fsp3) is 0.114. The zero-order valence-electron chi connectivity index (χ0n) is 26.1. The minimum absolute atomic E-state index is 0.0290. The van der Waals surface area contributed by atoms with Crippen molar-refractivity contribution in [3.63, 3.8) is 0 Å². The van der Waals surface area contributed by atoms with E-state index in [0.717, 1.165) is 21.0 Å². The molecule has 3 heterocycles. The third-order valence-electron chi connectivity index (χ3n) is 8.14. The Morgan fingerprint density at radius 1 is 0.918 bits per heavy atom. The summed E-state index contributed by atoms with van der Waals surface area (Å²) in [5.41, 5.74) is 1.24. The molecule has 1 aliphatic heterocycles. The number of thioether (sulfide) groups is 1. The standard InChI is InChI=1S/C35H25Cl2N5O5S2/c1-39-30-29(32(44)40(2)34(39)45)41(18-21-12-13-22(36)17-24(21)37)33(38-30)47-26-14-11-19(15-27(26)46-3)16-28-31(43)42(35(48)49-28)25-10-6-8-20-7-4-5-9-23(20)25/h4-17H,18H2,1-3H3/b28-16+. The number of ether oxygens (including phenoxy) is 2. The minimum atomic E-state index is -0.548. The highest BCUT2D eigenvalue weighted by atomic mass is 35.5. The van der Waals surface area contributed by atoms with Crippen LogP contribution in [0.15, 0.2) is 93.4 Å². The van der Waals surface area contributed by atoms with E-state index in [4.69, 9.17) is 44.9 Å². The van der Waals surface area contributed by atoms with E-state index in [1.165, 1.54) is 37.5 Å². The van der Waals surface area contributed by atoms with Gasteiger partial charge in [0.25, 0.3) is 11.5 Å². The van der Waals surface area contributed by atoms with Gasteiger partial charge in [0.2, 0.25) is 0 Å². The summed E-state index contributed by atoms with van der Waals surface area (Å²) in [5, 5.41) is 2.77. The number of imidazole rings is 1. The lowest BCUT2D eigenvalue weighted by Gasteiger charge is -2.17. The zero-order valence-corrected chi connectivity index (χ0v) is 29.3. The van der Waals surface area contributed by atoms with Gasteiger partial charge in [-0.2, -0.15) is 4.98 Å². The van der Waals surface area contributed by atoms with Crippen molar-refractivity contribution in [2.24, 2.45) is 14.1 Å². The van der Waals surface area contributed by atoms with Gasteiger partial charge in [-0.05, 0) is 52.9 Å². The summed E-state index contributed by atoms with van der Waals surface area (Å²) in [5.74, 6) is 0.388. The van der Waals surface area contributed by atoms with Crippen LogP contribution in [0, 0.1) is 0 Å². The van der Waals surface area contributed by atoms with Crippen LogP contribution < -0.4 is 25.6 Å². The lowest BCUT2D eigenvalue weighted by atomic mass is 10.1. The molecule has 7 rings (SSSR count). The maximum absolute atomic E-state index is 13.7. The molecule has 0 aliphatic carbocycles. The second kappa shape index (κ2) is 12.9. The van der Waals surface area contributed by atoms with Crippen LogP contribution in [0.5, 0.6) is 17.5 Å². The van der Waals surface area contributed by atoms with Gasteiger partial charge in [0.15, 0.2) is 27.0 Å². The Morgan fingerprint density at radius 2 is 1.69 bits per heavy atom. The van der Waals surface area contributed by atoms with Gasteiger partial charge in [-0.25, -0.2) is 4.79 Å². The van der Waals surface area contributed by atoms with E-state index in [1.54, 1.807) is 51.9 Å². The van der Waals surface area contributed by atoms with Crippen LogP contribution in [0.1, 0.15) is 11.1 Å². The van der Waals surface area contributed by atoms with Crippen molar-refractivity contribution in [2.75, 3.05) is 12.0 Å². The van der Waals surface area contributed by atoms with Crippen LogP contribution in [-0.2, 0) is 25.4 Å². The predicted molar refractivity (Wildman–Crippen MR) is 198 cm³/mol. The molecule has 6 aromatic rings. The van der Waals surface area contributed by atoms with Crippen LogP contribution in [-0.4, -0.2) is 36.0 Å². The average molecular weight is 731 g/mol. The summed E-state index contributed by atoms with van der Waals surface area (Å²) in [7, 11) is 4.41. The summed E-state index contributed by atoms with van der Waals surface area (Å²) in [6.45, 7) is 0.0915. The molecule has 1 amide bonds. The molecular formula is C35H25Cl2N5O5S2. The molecule has 0 atom stereocenters. The quantitative estimate of drug-likeness (QED) is 0.126. The molecule has 1 fully saturated rings. The molecule has 0 bridgehead atoms. The number of rotatable bonds is 7. The number of carbonyl (C=O) groups excluding carboxylic acids is 1. The number of nitrogens with zero attached hydrogens (tertiary/aromatic N) is 5. The topological polar surface area (TPSA) is 101 Å². The Hall–Kier alpha value is -4.88. The highest BCUT2D eigenvalue weighted by Crippen LogP contribution is 2.40. The van der Waals surface area contributed by atoms with Gasteiger partial charge in [-0.3, -0.25) is 28.2 Å². The molecule has 4 aromatic carbocycles. The van der Waals surface area contributed by atoms with Gasteiger partial charge in [0.1, 0.15) is 0 Å². The second-order valence-corrected chi connectivity index (χ2v) is 13.6. The van der Waals surface area contributed by atoms with Crippen molar-refractivity contribution in [2.45, 2.75) is 6.54 Å². The number of aryl methyl sites for hydroxylation is 1. The molecule has 0 spiro atoms. The molecule has 0 saturated carbocycles. The highest BCUT2D eigenvalue weighted by molar-refractivity contribution is 8.27. The summed E-state index contributed by atoms with van der Waals surface area (Å²) in [4.78, 5) is 46.4. The molecule has 1 aliphatic rings. The summed E-state index contributed by atoms with van der Waals surface area (Å²) in [6, 6.07) is 23.8. The Labute approximate surface area is 298 Å². The lowest BCUT2D eigenvalue weighted by Crippen LogP contribution is -2.37. The van der Waals surface area contributed by atoms with Crippen molar-refractivity contribution >= 4 is 91.1 Å². The number of fused-ring (bicyclic) bond motifs is 2. The van der Waals surface area contributed by atoms with E-state index in [0.29, 0.717) is 36.1 Å². The summed E-state index contributed by atoms with van der Waals surface area (Å²) >= 11 is 19.5. The number of hydrogen-bond acceptors (Lipinski definition) is 8. The molecule has 0 unspecified atom stereocenters. The molecule has 246 valence electrons. The first-order valence-corrected chi connectivity index (χ1v) is 16.8. The van der Waals surface area contributed by atoms with E-state index in [-0.39, 0.29) is 35.4 Å². The van der Waals surface area contributed by atoms with Gasteiger partial charge in [0.05, 0.1) is 24.2 Å². The number of carbonyl (C=O) groups is 1. The number of aromatic nitrogens is 4. The maximum Gasteiger partial charge on any atom is 0.332 e. The Kier molecular flexibility index (Phi) is 8.57. The Balaban J connectivity index is 1.25. The fourth-order valence-electron chi connectivity index (χ4n) is 5.66. The van der Waals surface area contributed by atoms with E-state index < -0.39 is 11.2 Å². The first kappa shape index (κ1) is 32.7. The van der Waals surface area contributed by atoms with Crippen LogP contribution in [0.4, 0.5) is 5.69 Å². The number of benzene rings is 4.